The van der Waals surface area contributed by atoms with E-state index < -0.39 is 10.0 Å². The third-order valence-electron chi connectivity index (χ3n) is 5.01. The van der Waals surface area contributed by atoms with Crippen molar-refractivity contribution in [3.05, 3.63) is 65.9 Å². The second-order valence-corrected chi connectivity index (χ2v) is 8.19. The van der Waals surface area contributed by atoms with Crippen molar-refractivity contribution in [3.63, 3.8) is 0 Å². The molecule has 0 bridgehead atoms. The van der Waals surface area contributed by atoms with E-state index in [1.54, 1.807) is 12.1 Å². The molecule has 1 atom stereocenters. The van der Waals surface area contributed by atoms with E-state index in [0.717, 1.165) is 37.1 Å². The van der Waals surface area contributed by atoms with Gasteiger partial charge in [-0.25, -0.2) is 13.6 Å². The van der Waals surface area contributed by atoms with Crippen molar-refractivity contribution in [1.29, 1.82) is 0 Å². The molecule has 0 radical (unpaired) electrons. The van der Waals surface area contributed by atoms with Crippen molar-refractivity contribution in [1.82, 2.24) is 9.88 Å². The van der Waals surface area contributed by atoms with E-state index in [0.29, 0.717) is 0 Å². The summed E-state index contributed by atoms with van der Waals surface area (Å²) < 4.78 is 23.7. The normalized spacial score (nSPS) is 18.8. The lowest BCUT2D eigenvalue weighted by Crippen LogP contribution is -2.21. The summed E-state index contributed by atoms with van der Waals surface area (Å²) >= 11 is 0. The zero-order valence-electron chi connectivity index (χ0n) is 13.9. The number of hydrogen-bond acceptors (Lipinski definition) is 3. The van der Waals surface area contributed by atoms with Crippen LogP contribution in [-0.4, -0.2) is 31.4 Å². The van der Waals surface area contributed by atoms with Gasteiger partial charge in [-0.2, -0.15) is 0 Å². The summed E-state index contributed by atoms with van der Waals surface area (Å²) in [5.41, 5.74) is 3.26. The highest BCUT2D eigenvalue weighted by Gasteiger charge is 2.28. The molecule has 3 N–H and O–H groups in total. The Morgan fingerprint density at radius 3 is 2.72 bits per heavy atom. The van der Waals surface area contributed by atoms with Gasteiger partial charge in [0.15, 0.2) is 0 Å². The summed E-state index contributed by atoms with van der Waals surface area (Å²) in [5, 5.41) is 6.63. The predicted octanol–water partition coefficient (Wildman–Crippen LogP) is 2.80. The van der Waals surface area contributed by atoms with Crippen LogP contribution in [0.3, 0.4) is 0 Å². The number of para-hydroxylation sites is 1. The van der Waals surface area contributed by atoms with Crippen molar-refractivity contribution in [3.8, 4) is 0 Å². The molecule has 2 aromatic carbocycles. The molecule has 5 nitrogen and oxygen atoms in total. The highest BCUT2D eigenvalue weighted by molar-refractivity contribution is 7.89. The number of fused-ring (bicyclic) bond motifs is 1. The number of benzene rings is 2. The fraction of sp³-hybridized carbons (Fsp3) is 0.263. The lowest BCUT2D eigenvalue weighted by molar-refractivity contribution is 0.327. The van der Waals surface area contributed by atoms with Crippen LogP contribution in [-0.2, 0) is 16.6 Å². The molecule has 0 aliphatic carbocycles. The second-order valence-electron chi connectivity index (χ2n) is 6.66. The maximum absolute atomic E-state index is 11.9. The van der Waals surface area contributed by atoms with E-state index in [1.807, 2.05) is 18.2 Å². The van der Waals surface area contributed by atoms with E-state index >= 15 is 0 Å². The molecule has 4 rings (SSSR count). The first-order valence-corrected chi connectivity index (χ1v) is 9.96. The average molecular weight is 355 g/mol. The molecule has 1 aliphatic heterocycles. The van der Waals surface area contributed by atoms with Crippen LogP contribution in [0.1, 0.15) is 23.5 Å². The molecule has 0 amide bonds. The van der Waals surface area contributed by atoms with E-state index in [-0.39, 0.29) is 10.8 Å². The summed E-state index contributed by atoms with van der Waals surface area (Å²) in [7, 11) is -3.69. The Morgan fingerprint density at radius 1 is 1.12 bits per heavy atom. The summed E-state index contributed by atoms with van der Waals surface area (Å²) in [6.07, 6.45) is 3.01. The van der Waals surface area contributed by atoms with Gasteiger partial charge in [0.25, 0.3) is 0 Å². The average Bonchev–Trinajstić information content (AvgIpc) is 3.22. The number of rotatable bonds is 4. The molecule has 6 heteroatoms. The first kappa shape index (κ1) is 16.3. The SMILES string of the molecule is NS(=O)(=O)c1ccccc1C1CCN(Cc2c[nH]c3ccccc23)C1. The molecule has 25 heavy (non-hydrogen) atoms. The lowest BCUT2D eigenvalue weighted by Gasteiger charge is -2.17. The predicted molar refractivity (Wildman–Crippen MR) is 98.7 cm³/mol. The largest absolute Gasteiger partial charge is 0.361 e. The van der Waals surface area contributed by atoms with Gasteiger partial charge in [0.05, 0.1) is 4.90 Å². The van der Waals surface area contributed by atoms with Crippen molar-refractivity contribution < 1.29 is 8.42 Å². The molecule has 1 unspecified atom stereocenters. The molecule has 1 aliphatic rings. The van der Waals surface area contributed by atoms with E-state index in [1.165, 1.54) is 10.9 Å². The first-order valence-electron chi connectivity index (χ1n) is 8.41. The highest BCUT2D eigenvalue weighted by atomic mass is 32.2. The maximum Gasteiger partial charge on any atom is 0.238 e. The molecule has 1 fully saturated rings. The van der Waals surface area contributed by atoms with Gasteiger partial charge in [-0.1, -0.05) is 36.4 Å². The van der Waals surface area contributed by atoms with Crippen molar-refractivity contribution >= 4 is 20.9 Å². The molecular weight excluding hydrogens is 334 g/mol. The third kappa shape index (κ3) is 3.20. The molecule has 1 saturated heterocycles. The first-order chi connectivity index (χ1) is 12.0. The number of likely N-dealkylation sites (tertiary alicyclic amines) is 1. The molecule has 1 aromatic heterocycles. The van der Waals surface area contributed by atoms with Crippen LogP contribution in [0.5, 0.6) is 0 Å². The minimum atomic E-state index is -3.69. The standard InChI is InChI=1S/C19H21N3O2S/c20-25(23,24)19-8-4-2-6-17(19)14-9-10-22(12-14)13-15-11-21-18-7-3-1-5-16(15)18/h1-8,11,14,21H,9-10,12-13H2,(H2,20,23,24). The third-order valence-corrected chi connectivity index (χ3v) is 5.99. The second kappa shape index (κ2) is 6.29. The van der Waals surface area contributed by atoms with Gasteiger partial charge in [0.2, 0.25) is 10.0 Å². The van der Waals surface area contributed by atoms with Gasteiger partial charge in [-0.15, -0.1) is 0 Å². The fourth-order valence-corrected chi connectivity index (χ4v) is 4.64. The lowest BCUT2D eigenvalue weighted by atomic mass is 9.98. The van der Waals surface area contributed by atoms with Gasteiger partial charge < -0.3 is 4.98 Å². The molecular formula is C19H21N3O2S. The van der Waals surface area contributed by atoms with Crippen LogP contribution in [0.15, 0.2) is 59.6 Å². The summed E-state index contributed by atoms with van der Waals surface area (Å²) in [6.45, 7) is 2.65. The Morgan fingerprint density at radius 2 is 1.88 bits per heavy atom. The van der Waals surface area contributed by atoms with Crippen molar-refractivity contribution in [2.75, 3.05) is 13.1 Å². The van der Waals surface area contributed by atoms with Crippen molar-refractivity contribution in [2.24, 2.45) is 5.14 Å². The fourth-order valence-electron chi connectivity index (χ4n) is 3.81. The highest BCUT2D eigenvalue weighted by Crippen LogP contribution is 2.32. The topological polar surface area (TPSA) is 79.2 Å². The van der Waals surface area contributed by atoms with E-state index in [9.17, 15) is 8.42 Å². The van der Waals surface area contributed by atoms with Gasteiger partial charge in [-0.3, -0.25) is 4.90 Å². The minimum absolute atomic E-state index is 0.194. The molecule has 3 aromatic rings. The number of aromatic nitrogens is 1. The zero-order valence-corrected chi connectivity index (χ0v) is 14.7. The van der Waals surface area contributed by atoms with Crippen molar-refractivity contribution in [2.45, 2.75) is 23.8 Å². The number of primary sulfonamides is 1. The Bertz CT molecular complexity index is 1010. The summed E-state index contributed by atoms with van der Waals surface area (Å²) in [6, 6.07) is 15.4. The maximum atomic E-state index is 11.9. The van der Waals surface area contributed by atoms with Gasteiger partial charge in [-0.05, 0) is 42.1 Å². The van der Waals surface area contributed by atoms with Crippen LogP contribution in [0.2, 0.25) is 0 Å². The minimum Gasteiger partial charge on any atom is -0.361 e. The van der Waals surface area contributed by atoms with Crippen LogP contribution in [0.4, 0.5) is 0 Å². The Balaban J connectivity index is 1.55. The Labute approximate surface area is 147 Å². The van der Waals surface area contributed by atoms with E-state index in [4.69, 9.17) is 5.14 Å². The number of hydrogen-bond donors (Lipinski definition) is 2. The number of sulfonamides is 1. The molecule has 0 saturated carbocycles. The van der Waals surface area contributed by atoms with Gasteiger partial charge in [0.1, 0.15) is 0 Å². The number of nitrogens with one attached hydrogen (secondary N) is 1. The summed E-state index contributed by atoms with van der Waals surface area (Å²) in [4.78, 5) is 5.94. The van der Waals surface area contributed by atoms with Crippen LogP contribution in [0, 0.1) is 0 Å². The molecule has 0 spiro atoms. The van der Waals surface area contributed by atoms with Gasteiger partial charge >= 0.3 is 0 Å². The van der Waals surface area contributed by atoms with Crippen LogP contribution in [0.25, 0.3) is 10.9 Å². The van der Waals surface area contributed by atoms with E-state index in [2.05, 4.69) is 34.3 Å². The quantitative estimate of drug-likeness (QED) is 0.755. The summed E-state index contributed by atoms with van der Waals surface area (Å²) in [5.74, 6) is 0.194. The number of aromatic amines is 1. The number of H-pyrrole nitrogens is 1. The monoisotopic (exact) mass is 355 g/mol. The Kier molecular flexibility index (Phi) is 4.11. The molecule has 2 heterocycles. The zero-order chi connectivity index (χ0) is 17.4. The van der Waals surface area contributed by atoms with Gasteiger partial charge in [0, 0.05) is 30.2 Å². The number of nitrogens with two attached hydrogens (primary N) is 1. The van der Waals surface area contributed by atoms with Crippen LogP contribution < -0.4 is 5.14 Å². The Hall–Kier alpha value is -2.15. The molecule has 130 valence electrons. The van der Waals surface area contributed by atoms with Crippen LogP contribution >= 0.6 is 0 Å². The number of nitrogens with zero attached hydrogens (tertiary/aromatic N) is 1. The smallest absolute Gasteiger partial charge is 0.238 e.